The molecule has 0 spiro atoms. The first-order valence-electron chi connectivity index (χ1n) is 11.0. The van der Waals surface area contributed by atoms with E-state index in [2.05, 4.69) is 5.32 Å². The number of aryl methyl sites for hydroxylation is 1. The van der Waals surface area contributed by atoms with Crippen LogP contribution in [0.4, 0.5) is 5.69 Å². The number of sulfonamides is 1. The Morgan fingerprint density at radius 1 is 0.946 bits per heavy atom. The Morgan fingerprint density at radius 2 is 1.65 bits per heavy atom. The van der Waals surface area contributed by atoms with Crippen LogP contribution in [0.25, 0.3) is 11.1 Å². The molecule has 0 fully saturated rings. The van der Waals surface area contributed by atoms with Crippen molar-refractivity contribution in [2.45, 2.75) is 11.8 Å². The average molecular weight is 535 g/mol. The van der Waals surface area contributed by atoms with Crippen LogP contribution in [0, 0.1) is 12.3 Å². The molecule has 0 aliphatic carbocycles. The van der Waals surface area contributed by atoms with Gasteiger partial charge in [0.25, 0.3) is 5.91 Å². The zero-order valence-corrected chi connectivity index (χ0v) is 21.2. The molecule has 37 heavy (non-hydrogen) atoms. The first-order chi connectivity index (χ1) is 17.5. The molecule has 0 unspecified atom stereocenters. The average Bonchev–Trinajstić information content (AvgIpc) is 2.86. The number of hydrogen-bond donors (Lipinski definition) is 4. The molecule has 10 heteroatoms. The summed E-state index contributed by atoms with van der Waals surface area (Å²) in [6.45, 7) is 1.81. The van der Waals surface area contributed by atoms with Crippen molar-refractivity contribution in [1.29, 1.82) is 5.41 Å². The van der Waals surface area contributed by atoms with Gasteiger partial charge in [-0.15, -0.1) is 0 Å². The van der Waals surface area contributed by atoms with Crippen LogP contribution in [0.1, 0.15) is 21.5 Å². The van der Waals surface area contributed by atoms with Crippen molar-refractivity contribution in [2.75, 3.05) is 5.32 Å². The molecule has 4 rings (SSSR count). The van der Waals surface area contributed by atoms with Crippen LogP contribution in [0.3, 0.4) is 0 Å². The number of carbonyl (C=O) groups excluding carboxylic acids is 1. The number of ether oxygens (including phenoxy) is 1. The number of benzene rings is 4. The third-order valence-electron chi connectivity index (χ3n) is 5.53. The molecule has 8 nitrogen and oxygen atoms in total. The van der Waals surface area contributed by atoms with E-state index >= 15 is 0 Å². The molecule has 0 aliphatic heterocycles. The summed E-state index contributed by atoms with van der Waals surface area (Å²) in [7, 11) is -3.92. The van der Waals surface area contributed by atoms with Crippen molar-refractivity contribution in [1.82, 2.24) is 0 Å². The topological polar surface area (TPSA) is 148 Å². The van der Waals surface area contributed by atoms with Crippen molar-refractivity contribution >= 4 is 39.1 Å². The van der Waals surface area contributed by atoms with Gasteiger partial charge in [-0.3, -0.25) is 10.2 Å². The Kier molecular flexibility index (Phi) is 7.30. The first-order valence-corrected chi connectivity index (χ1v) is 12.9. The predicted octanol–water partition coefficient (Wildman–Crippen LogP) is 5.29. The van der Waals surface area contributed by atoms with Crippen LogP contribution in [-0.4, -0.2) is 20.2 Å². The second-order valence-electron chi connectivity index (χ2n) is 8.21. The molecule has 188 valence electrons. The van der Waals surface area contributed by atoms with Crippen LogP contribution < -0.4 is 20.9 Å². The minimum absolute atomic E-state index is 0.00266. The van der Waals surface area contributed by atoms with E-state index in [0.29, 0.717) is 44.5 Å². The van der Waals surface area contributed by atoms with Crippen LogP contribution in [-0.2, 0) is 10.0 Å². The number of anilines is 1. The number of nitrogens with one attached hydrogen (secondary N) is 2. The number of primary sulfonamides is 1. The van der Waals surface area contributed by atoms with E-state index in [0.717, 1.165) is 5.56 Å². The Labute approximate surface area is 219 Å². The number of carbonyl (C=O) groups is 1. The SMILES string of the molecule is Cc1cc(Oc2cccc(C(=N)N)c2)c(NC(=O)c2ccc(-c3ccccc3S(N)(=O)=O)cc2)cc1Cl. The molecule has 0 bridgehead atoms. The second kappa shape index (κ2) is 10.4. The van der Waals surface area contributed by atoms with Gasteiger partial charge in [0.15, 0.2) is 5.75 Å². The van der Waals surface area contributed by atoms with Gasteiger partial charge in [-0.1, -0.05) is 54.1 Å². The quantitative estimate of drug-likeness (QED) is 0.188. The first kappa shape index (κ1) is 25.9. The molecule has 0 aliphatic rings. The van der Waals surface area contributed by atoms with Gasteiger partial charge in [-0.25, -0.2) is 13.6 Å². The third-order valence-corrected chi connectivity index (χ3v) is 6.91. The smallest absolute Gasteiger partial charge is 0.255 e. The van der Waals surface area contributed by atoms with Gasteiger partial charge in [0.2, 0.25) is 10.0 Å². The summed E-state index contributed by atoms with van der Waals surface area (Å²) in [6, 6.07) is 22.9. The summed E-state index contributed by atoms with van der Waals surface area (Å²) in [6.07, 6.45) is 0. The summed E-state index contributed by atoms with van der Waals surface area (Å²) in [5.41, 5.74) is 8.52. The Bertz CT molecular complexity index is 1620. The normalized spacial score (nSPS) is 11.1. The Balaban J connectivity index is 1.61. The number of nitrogen functional groups attached to an aromatic ring is 1. The molecule has 0 radical (unpaired) electrons. The van der Waals surface area contributed by atoms with Crippen molar-refractivity contribution in [3.05, 3.63) is 107 Å². The second-order valence-corrected chi connectivity index (χ2v) is 10.2. The van der Waals surface area contributed by atoms with E-state index in [9.17, 15) is 13.2 Å². The summed E-state index contributed by atoms with van der Waals surface area (Å²) in [5, 5.41) is 16.2. The van der Waals surface area contributed by atoms with Crippen LogP contribution >= 0.6 is 11.6 Å². The van der Waals surface area contributed by atoms with Gasteiger partial charge in [0.05, 0.1) is 10.6 Å². The largest absolute Gasteiger partial charge is 0.455 e. The van der Waals surface area contributed by atoms with Crippen LogP contribution in [0.5, 0.6) is 11.5 Å². The maximum atomic E-state index is 13.1. The summed E-state index contributed by atoms with van der Waals surface area (Å²) in [4.78, 5) is 13.1. The summed E-state index contributed by atoms with van der Waals surface area (Å²) in [5.74, 6) is 0.271. The molecule has 0 atom stereocenters. The fourth-order valence-electron chi connectivity index (χ4n) is 3.64. The van der Waals surface area contributed by atoms with Crippen LogP contribution in [0.2, 0.25) is 5.02 Å². The molecule has 0 heterocycles. The van der Waals surface area contributed by atoms with E-state index in [1.807, 2.05) is 6.92 Å². The highest BCUT2D eigenvalue weighted by atomic mass is 35.5. The molecule has 0 saturated carbocycles. The predicted molar refractivity (Wildman–Crippen MR) is 145 cm³/mol. The number of amides is 1. The minimum Gasteiger partial charge on any atom is -0.455 e. The van der Waals surface area contributed by atoms with Crippen molar-refractivity contribution < 1.29 is 17.9 Å². The number of nitrogens with two attached hydrogens (primary N) is 2. The highest BCUT2D eigenvalue weighted by Crippen LogP contribution is 2.35. The molecular formula is C27H23ClN4O4S. The fourth-order valence-corrected chi connectivity index (χ4v) is 4.56. The lowest BCUT2D eigenvalue weighted by molar-refractivity contribution is 0.102. The molecule has 6 N–H and O–H groups in total. The van der Waals surface area contributed by atoms with Crippen molar-refractivity contribution in [3.8, 4) is 22.6 Å². The van der Waals surface area contributed by atoms with Crippen molar-refractivity contribution in [2.24, 2.45) is 10.9 Å². The molecular weight excluding hydrogens is 512 g/mol. The van der Waals surface area contributed by atoms with Gasteiger partial charge in [0.1, 0.15) is 11.6 Å². The maximum absolute atomic E-state index is 13.1. The van der Waals surface area contributed by atoms with Gasteiger partial charge < -0.3 is 15.8 Å². The number of hydrogen-bond acceptors (Lipinski definition) is 5. The number of rotatable bonds is 7. The molecule has 4 aromatic carbocycles. The summed E-state index contributed by atoms with van der Waals surface area (Å²) >= 11 is 6.31. The Hall–Kier alpha value is -4.18. The van der Waals surface area contributed by atoms with Crippen LogP contribution in [0.15, 0.2) is 89.8 Å². The fraction of sp³-hybridized carbons (Fsp3) is 0.0370. The Morgan fingerprint density at radius 3 is 2.32 bits per heavy atom. The van der Waals surface area contributed by atoms with E-state index in [4.69, 9.17) is 32.6 Å². The van der Waals surface area contributed by atoms with Gasteiger partial charge in [-0.05, 0) is 60.5 Å². The van der Waals surface area contributed by atoms with E-state index in [1.54, 1.807) is 78.9 Å². The number of halogens is 1. The maximum Gasteiger partial charge on any atom is 0.255 e. The molecule has 1 amide bonds. The standard InChI is InChI=1S/C27H23ClN4O4S/c1-16-13-24(36-20-6-4-5-19(14-20)26(29)30)23(15-22(16)28)32-27(33)18-11-9-17(10-12-18)21-7-2-3-8-25(21)37(31,34)35/h2-15H,1H3,(H3,29,30)(H,32,33)(H2,31,34,35). The van der Waals surface area contributed by atoms with Gasteiger partial charge >= 0.3 is 0 Å². The third kappa shape index (κ3) is 5.97. The highest BCUT2D eigenvalue weighted by molar-refractivity contribution is 7.89. The lowest BCUT2D eigenvalue weighted by Crippen LogP contribution is -2.14. The summed E-state index contributed by atoms with van der Waals surface area (Å²) < 4.78 is 29.9. The van der Waals surface area contributed by atoms with E-state index < -0.39 is 15.9 Å². The molecule has 0 aromatic heterocycles. The van der Waals surface area contributed by atoms with Crippen molar-refractivity contribution in [3.63, 3.8) is 0 Å². The minimum atomic E-state index is -3.92. The van der Waals surface area contributed by atoms with E-state index in [-0.39, 0.29) is 10.7 Å². The zero-order chi connectivity index (χ0) is 26.7. The number of amidine groups is 1. The van der Waals surface area contributed by atoms with Gasteiger partial charge in [0, 0.05) is 21.7 Å². The monoisotopic (exact) mass is 534 g/mol. The highest BCUT2D eigenvalue weighted by Gasteiger charge is 2.17. The lowest BCUT2D eigenvalue weighted by Gasteiger charge is -2.15. The lowest BCUT2D eigenvalue weighted by atomic mass is 10.0. The molecule has 4 aromatic rings. The molecule has 0 saturated heterocycles. The zero-order valence-electron chi connectivity index (χ0n) is 19.7. The van der Waals surface area contributed by atoms with Gasteiger partial charge in [-0.2, -0.15) is 0 Å². The van der Waals surface area contributed by atoms with E-state index in [1.165, 1.54) is 6.07 Å².